The summed E-state index contributed by atoms with van der Waals surface area (Å²) < 4.78 is 5.10. The molecule has 0 atom stereocenters. The molecule has 0 saturated carbocycles. The Balaban J connectivity index is 2.48. The quantitative estimate of drug-likeness (QED) is 0.612. The van der Waals surface area contributed by atoms with Crippen molar-refractivity contribution in [3.8, 4) is 11.5 Å². The lowest BCUT2D eigenvalue weighted by Gasteiger charge is -2.11. The summed E-state index contributed by atoms with van der Waals surface area (Å²) in [5.41, 5.74) is 0.722. The number of hydrogen-bond acceptors (Lipinski definition) is 2. The predicted octanol–water partition coefficient (Wildman–Crippen LogP) is 2.11. The lowest BCUT2D eigenvalue weighted by molar-refractivity contribution is 0.354. The van der Waals surface area contributed by atoms with Crippen LogP contribution in [0.5, 0.6) is 11.5 Å². The Morgan fingerprint density at radius 3 is 3.18 bits per heavy atom. The number of fused-ring (bicyclic) bond motifs is 1. The molecule has 0 bridgehead atoms. The van der Waals surface area contributed by atoms with E-state index < -0.39 is 0 Å². The number of nitrogens with one attached hydrogen (secondary N) is 1. The monoisotopic (exact) mass is 148 g/mol. The van der Waals surface area contributed by atoms with Gasteiger partial charge in [-0.05, 0) is 12.1 Å². The molecule has 1 heterocycles. The molecule has 0 fully saturated rings. The van der Waals surface area contributed by atoms with Crippen molar-refractivity contribution in [1.82, 2.24) is 0 Å². The highest BCUT2D eigenvalue weighted by molar-refractivity contribution is 5.62. The molecule has 0 amide bonds. The van der Waals surface area contributed by atoms with E-state index in [0.717, 1.165) is 5.69 Å². The Bertz CT molecular complexity index is 307. The fourth-order valence-corrected chi connectivity index (χ4v) is 0.956. The molecule has 0 aromatic heterocycles. The summed E-state index contributed by atoms with van der Waals surface area (Å²) in [5.74, 6) is 0.669. The first-order valence-corrected chi connectivity index (χ1v) is 3.25. The average Bonchev–Trinajstić information content (AvgIpc) is 2.04. The molecule has 3 nitrogen and oxygen atoms in total. The number of ether oxygens (including phenoxy) is 1. The fraction of sp³-hybridized carbons (Fsp3) is 0. The number of benzene rings is 1. The van der Waals surface area contributed by atoms with Crippen LogP contribution in [0.1, 0.15) is 0 Å². The van der Waals surface area contributed by atoms with Crippen molar-refractivity contribution in [3.63, 3.8) is 0 Å². The largest absolute Gasteiger partial charge is 0.461 e. The molecule has 11 heavy (non-hydrogen) atoms. The summed E-state index contributed by atoms with van der Waals surface area (Å²) in [6, 6.07) is 4.62. The molecule has 55 valence electrons. The zero-order valence-corrected chi connectivity index (χ0v) is 5.70. The van der Waals surface area contributed by atoms with Crippen LogP contribution in [-0.2, 0) is 5.11 Å². The van der Waals surface area contributed by atoms with Crippen LogP contribution in [0.15, 0.2) is 30.7 Å². The molecule has 1 aromatic rings. The summed E-state index contributed by atoms with van der Waals surface area (Å²) >= 11 is 0. The van der Waals surface area contributed by atoms with E-state index in [1.165, 1.54) is 18.4 Å². The van der Waals surface area contributed by atoms with Crippen LogP contribution in [0.2, 0.25) is 0 Å². The summed E-state index contributed by atoms with van der Waals surface area (Å²) in [6.07, 6.45) is 3.18. The molecule has 1 N–H and O–H groups in total. The van der Waals surface area contributed by atoms with Gasteiger partial charge in [-0.2, -0.15) is 0 Å². The maximum atomic E-state index is 10.8. The molecule has 1 aliphatic rings. The molecule has 1 aromatic carbocycles. The summed E-state index contributed by atoms with van der Waals surface area (Å²) in [5, 5.41) is 13.7. The molecule has 3 heteroatoms. The minimum absolute atomic E-state index is 0.0184. The maximum absolute atomic E-state index is 10.8. The van der Waals surface area contributed by atoms with Crippen LogP contribution in [-0.4, -0.2) is 0 Å². The molecular weight excluding hydrogens is 142 g/mol. The normalized spacial score (nSPS) is 13.1. The lowest BCUT2D eigenvalue weighted by Crippen LogP contribution is -1.98. The van der Waals surface area contributed by atoms with E-state index in [4.69, 9.17) is 4.74 Å². The second-order valence-corrected chi connectivity index (χ2v) is 2.22. The zero-order valence-electron chi connectivity index (χ0n) is 5.70. The molecule has 0 unspecified atom stereocenters. The smallest absolute Gasteiger partial charge is 0.180 e. The van der Waals surface area contributed by atoms with Gasteiger partial charge in [-0.15, -0.1) is 0 Å². The highest BCUT2D eigenvalue weighted by Gasteiger charge is 2.05. The van der Waals surface area contributed by atoms with Crippen molar-refractivity contribution in [2.45, 2.75) is 0 Å². The molecule has 0 spiro atoms. The van der Waals surface area contributed by atoms with Crippen LogP contribution >= 0.6 is 0 Å². The van der Waals surface area contributed by atoms with Crippen LogP contribution in [0, 0.1) is 0 Å². The van der Waals surface area contributed by atoms with Gasteiger partial charge in [0.25, 0.3) is 0 Å². The lowest BCUT2D eigenvalue weighted by atomic mass is 10.2. The Kier molecular flexibility index (Phi) is 1.22. The van der Waals surface area contributed by atoms with Gasteiger partial charge in [0.2, 0.25) is 0 Å². The molecule has 0 saturated heterocycles. The first-order valence-electron chi connectivity index (χ1n) is 3.25. The van der Waals surface area contributed by atoms with Gasteiger partial charge in [-0.25, -0.2) is 0 Å². The van der Waals surface area contributed by atoms with Crippen molar-refractivity contribution >= 4 is 5.69 Å². The van der Waals surface area contributed by atoms with Gasteiger partial charge < -0.3 is 10.1 Å². The van der Waals surface area contributed by atoms with E-state index in [1.807, 2.05) is 0 Å². The third kappa shape index (κ3) is 1.00. The van der Waals surface area contributed by atoms with Crippen molar-refractivity contribution < 1.29 is 9.84 Å². The highest BCUT2D eigenvalue weighted by Crippen LogP contribution is 2.30. The van der Waals surface area contributed by atoms with Gasteiger partial charge in [0.05, 0.1) is 5.69 Å². The minimum Gasteiger partial charge on any atom is -0.461 e. The van der Waals surface area contributed by atoms with Crippen molar-refractivity contribution in [2.24, 2.45) is 0 Å². The van der Waals surface area contributed by atoms with Crippen LogP contribution < -0.4 is 10.1 Å². The second kappa shape index (κ2) is 2.20. The molecular formula is C8H6NO2. The van der Waals surface area contributed by atoms with Crippen molar-refractivity contribution in [2.75, 3.05) is 5.32 Å². The zero-order chi connectivity index (χ0) is 7.68. The van der Waals surface area contributed by atoms with E-state index in [-0.39, 0.29) is 5.75 Å². The van der Waals surface area contributed by atoms with E-state index >= 15 is 0 Å². The van der Waals surface area contributed by atoms with Crippen LogP contribution in [0.25, 0.3) is 0 Å². The Hall–Kier alpha value is -1.64. The van der Waals surface area contributed by atoms with Gasteiger partial charge in [0, 0.05) is 12.3 Å². The molecule has 2 rings (SSSR count). The second-order valence-electron chi connectivity index (χ2n) is 2.22. The maximum Gasteiger partial charge on any atom is 0.180 e. The summed E-state index contributed by atoms with van der Waals surface area (Å²) in [6.45, 7) is 0. The van der Waals surface area contributed by atoms with Crippen LogP contribution in [0.4, 0.5) is 5.69 Å². The predicted molar refractivity (Wildman–Crippen MR) is 40.0 cm³/mol. The third-order valence-corrected chi connectivity index (χ3v) is 1.45. The number of hydrogen-bond donors (Lipinski definition) is 1. The number of anilines is 1. The van der Waals surface area contributed by atoms with Crippen LogP contribution in [0.3, 0.4) is 0 Å². The van der Waals surface area contributed by atoms with Gasteiger partial charge >= 0.3 is 0 Å². The molecule has 1 aliphatic heterocycles. The summed E-state index contributed by atoms with van der Waals surface area (Å²) in [4.78, 5) is 0. The fourth-order valence-electron chi connectivity index (χ4n) is 0.956. The van der Waals surface area contributed by atoms with Gasteiger partial charge in [-0.3, -0.25) is 5.11 Å². The van der Waals surface area contributed by atoms with E-state index in [9.17, 15) is 5.11 Å². The van der Waals surface area contributed by atoms with Gasteiger partial charge in [-0.1, -0.05) is 0 Å². The molecule has 1 radical (unpaired) electrons. The van der Waals surface area contributed by atoms with E-state index in [1.54, 1.807) is 12.3 Å². The third-order valence-electron chi connectivity index (χ3n) is 1.45. The van der Waals surface area contributed by atoms with E-state index in [2.05, 4.69) is 5.32 Å². The van der Waals surface area contributed by atoms with Crippen molar-refractivity contribution in [1.29, 1.82) is 0 Å². The Labute approximate surface area is 63.9 Å². The first-order chi connectivity index (χ1) is 5.36. The standard InChI is InChI=1S/C8H6NO2/c10-6-1-2-8-7(5-6)9-3-4-11-8/h1-5,9H. The Morgan fingerprint density at radius 1 is 1.36 bits per heavy atom. The topological polar surface area (TPSA) is 41.2 Å². The van der Waals surface area contributed by atoms with Gasteiger partial charge in [0.1, 0.15) is 12.0 Å². The Morgan fingerprint density at radius 2 is 2.27 bits per heavy atom. The van der Waals surface area contributed by atoms with Gasteiger partial charge in [0.15, 0.2) is 5.75 Å². The SMILES string of the molecule is [O]c1ccc2c(c1)NC=CO2. The number of rotatable bonds is 0. The first kappa shape index (κ1) is 6.09. The molecule has 0 aliphatic carbocycles. The van der Waals surface area contributed by atoms with E-state index in [0.29, 0.717) is 5.75 Å². The summed E-state index contributed by atoms with van der Waals surface area (Å²) in [7, 11) is 0. The van der Waals surface area contributed by atoms with Crippen molar-refractivity contribution in [3.05, 3.63) is 30.7 Å². The average molecular weight is 148 g/mol. The highest BCUT2D eigenvalue weighted by atomic mass is 16.5. The minimum atomic E-state index is -0.0184.